The standard InChI is InChI=1S/C7H16N2O2/c1-7(2,11)5-9-6(10)4-8-3/h8,11H,4-5H2,1-3H3,(H,9,10). The Labute approximate surface area is 67.0 Å². The molecule has 1 amide bonds. The van der Waals surface area contributed by atoms with Crippen LogP contribution in [-0.2, 0) is 4.79 Å². The van der Waals surface area contributed by atoms with E-state index in [1.807, 2.05) is 0 Å². The number of hydrogen-bond acceptors (Lipinski definition) is 3. The van der Waals surface area contributed by atoms with Gasteiger partial charge in [0.15, 0.2) is 0 Å². The van der Waals surface area contributed by atoms with Crippen molar-refractivity contribution >= 4 is 5.91 Å². The lowest BCUT2D eigenvalue weighted by atomic mass is 10.1. The molecule has 0 saturated heterocycles. The molecular weight excluding hydrogens is 144 g/mol. The molecule has 0 saturated carbocycles. The van der Waals surface area contributed by atoms with E-state index in [9.17, 15) is 9.90 Å². The SMILES string of the molecule is CNCC(=O)NCC(C)(C)O. The predicted molar refractivity (Wildman–Crippen MR) is 43.2 cm³/mol. The summed E-state index contributed by atoms with van der Waals surface area (Å²) in [7, 11) is 1.70. The number of aliphatic hydroxyl groups is 1. The Morgan fingerprint density at radius 2 is 2.09 bits per heavy atom. The number of carbonyl (C=O) groups is 1. The van der Waals surface area contributed by atoms with E-state index in [1.165, 1.54) is 0 Å². The van der Waals surface area contributed by atoms with E-state index in [0.29, 0.717) is 0 Å². The maximum atomic E-state index is 10.8. The molecule has 0 unspecified atom stereocenters. The number of amides is 1. The number of rotatable bonds is 4. The minimum Gasteiger partial charge on any atom is -0.389 e. The first-order chi connectivity index (χ1) is 4.95. The zero-order valence-electron chi connectivity index (χ0n) is 7.27. The monoisotopic (exact) mass is 160 g/mol. The van der Waals surface area contributed by atoms with Crippen LogP contribution in [0.2, 0.25) is 0 Å². The van der Waals surface area contributed by atoms with Crippen LogP contribution in [0, 0.1) is 0 Å². The molecule has 66 valence electrons. The van der Waals surface area contributed by atoms with Gasteiger partial charge in [0.25, 0.3) is 0 Å². The molecule has 0 aliphatic rings. The maximum Gasteiger partial charge on any atom is 0.234 e. The molecule has 4 nitrogen and oxygen atoms in total. The largest absolute Gasteiger partial charge is 0.389 e. The fraction of sp³-hybridized carbons (Fsp3) is 0.857. The first-order valence-electron chi connectivity index (χ1n) is 3.59. The second kappa shape index (κ2) is 4.31. The molecule has 0 aromatic rings. The van der Waals surface area contributed by atoms with Crippen LogP contribution < -0.4 is 10.6 Å². The topological polar surface area (TPSA) is 61.4 Å². The Bertz CT molecular complexity index is 129. The highest BCUT2D eigenvalue weighted by atomic mass is 16.3. The number of carbonyl (C=O) groups excluding carboxylic acids is 1. The van der Waals surface area contributed by atoms with Crippen molar-refractivity contribution in [3.8, 4) is 0 Å². The molecule has 0 aromatic carbocycles. The van der Waals surface area contributed by atoms with Crippen molar-refractivity contribution in [1.82, 2.24) is 10.6 Å². The van der Waals surface area contributed by atoms with E-state index >= 15 is 0 Å². The molecular formula is C7H16N2O2. The molecule has 0 aliphatic heterocycles. The van der Waals surface area contributed by atoms with Gasteiger partial charge in [0.1, 0.15) is 0 Å². The van der Waals surface area contributed by atoms with Crippen molar-refractivity contribution in [1.29, 1.82) is 0 Å². The Kier molecular flexibility index (Phi) is 4.07. The lowest BCUT2D eigenvalue weighted by Gasteiger charge is -2.17. The number of nitrogens with one attached hydrogen (secondary N) is 2. The van der Waals surface area contributed by atoms with Crippen molar-refractivity contribution < 1.29 is 9.90 Å². The number of hydrogen-bond donors (Lipinski definition) is 3. The molecule has 0 aromatic heterocycles. The van der Waals surface area contributed by atoms with Crippen LogP contribution >= 0.6 is 0 Å². The molecule has 0 bridgehead atoms. The second-order valence-electron chi connectivity index (χ2n) is 3.12. The molecule has 0 heterocycles. The summed E-state index contributed by atoms with van der Waals surface area (Å²) in [4.78, 5) is 10.8. The van der Waals surface area contributed by atoms with Gasteiger partial charge < -0.3 is 15.7 Å². The third kappa shape index (κ3) is 7.29. The lowest BCUT2D eigenvalue weighted by Crippen LogP contribution is -2.41. The van der Waals surface area contributed by atoms with Gasteiger partial charge in [-0.1, -0.05) is 0 Å². The van der Waals surface area contributed by atoms with Gasteiger partial charge in [0, 0.05) is 6.54 Å². The summed E-state index contributed by atoms with van der Waals surface area (Å²) < 4.78 is 0. The van der Waals surface area contributed by atoms with Gasteiger partial charge in [0.2, 0.25) is 5.91 Å². The van der Waals surface area contributed by atoms with Crippen molar-refractivity contribution in [2.45, 2.75) is 19.4 Å². The minimum atomic E-state index is -0.830. The summed E-state index contributed by atoms with van der Waals surface area (Å²) in [6.45, 7) is 3.86. The highest BCUT2D eigenvalue weighted by Gasteiger charge is 2.12. The van der Waals surface area contributed by atoms with Crippen molar-refractivity contribution in [2.75, 3.05) is 20.1 Å². The fourth-order valence-electron chi connectivity index (χ4n) is 0.538. The Hall–Kier alpha value is -0.610. The lowest BCUT2D eigenvalue weighted by molar-refractivity contribution is -0.121. The first-order valence-corrected chi connectivity index (χ1v) is 3.59. The van der Waals surface area contributed by atoms with Gasteiger partial charge in [0.05, 0.1) is 12.1 Å². The van der Waals surface area contributed by atoms with Crippen LogP contribution in [0.25, 0.3) is 0 Å². The summed E-state index contributed by atoms with van der Waals surface area (Å²) in [5, 5.41) is 14.5. The van der Waals surface area contributed by atoms with Crippen LogP contribution in [0.4, 0.5) is 0 Å². The molecule has 0 radical (unpaired) electrons. The summed E-state index contributed by atoms with van der Waals surface area (Å²) in [6, 6.07) is 0. The summed E-state index contributed by atoms with van der Waals surface area (Å²) in [5.41, 5.74) is -0.830. The van der Waals surface area contributed by atoms with E-state index in [2.05, 4.69) is 10.6 Å². The van der Waals surface area contributed by atoms with Crippen molar-refractivity contribution in [3.63, 3.8) is 0 Å². The van der Waals surface area contributed by atoms with E-state index in [0.717, 1.165) is 0 Å². The Morgan fingerprint density at radius 1 is 1.55 bits per heavy atom. The predicted octanol–water partition coefficient (Wildman–Crippen LogP) is -0.907. The molecule has 0 fully saturated rings. The fourth-order valence-corrected chi connectivity index (χ4v) is 0.538. The highest BCUT2D eigenvalue weighted by Crippen LogP contribution is 1.96. The van der Waals surface area contributed by atoms with Gasteiger partial charge in [-0.3, -0.25) is 4.79 Å². The Morgan fingerprint density at radius 3 is 2.45 bits per heavy atom. The van der Waals surface area contributed by atoms with Crippen LogP contribution in [0.5, 0.6) is 0 Å². The van der Waals surface area contributed by atoms with E-state index in [4.69, 9.17) is 0 Å². The quantitative estimate of drug-likeness (QED) is 0.499. The normalized spacial score (nSPS) is 11.3. The third-order valence-electron chi connectivity index (χ3n) is 1.06. The minimum absolute atomic E-state index is 0.102. The molecule has 11 heavy (non-hydrogen) atoms. The van der Waals surface area contributed by atoms with Gasteiger partial charge in [-0.15, -0.1) is 0 Å². The third-order valence-corrected chi connectivity index (χ3v) is 1.06. The van der Waals surface area contributed by atoms with E-state index in [-0.39, 0.29) is 19.0 Å². The van der Waals surface area contributed by atoms with Crippen LogP contribution in [0.1, 0.15) is 13.8 Å². The smallest absolute Gasteiger partial charge is 0.234 e. The number of likely N-dealkylation sites (N-methyl/N-ethyl adjacent to an activating group) is 1. The average Bonchev–Trinajstić information content (AvgIpc) is 1.83. The zero-order valence-corrected chi connectivity index (χ0v) is 7.27. The van der Waals surface area contributed by atoms with Gasteiger partial charge in [-0.2, -0.15) is 0 Å². The molecule has 0 atom stereocenters. The molecule has 0 aliphatic carbocycles. The Balaban J connectivity index is 3.46. The van der Waals surface area contributed by atoms with Crippen molar-refractivity contribution in [3.05, 3.63) is 0 Å². The molecule has 0 rings (SSSR count). The molecule has 4 heteroatoms. The highest BCUT2D eigenvalue weighted by molar-refractivity contribution is 5.77. The van der Waals surface area contributed by atoms with Crippen LogP contribution in [-0.4, -0.2) is 36.8 Å². The van der Waals surface area contributed by atoms with E-state index < -0.39 is 5.60 Å². The molecule has 0 spiro atoms. The van der Waals surface area contributed by atoms with E-state index in [1.54, 1.807) is 20.9 Å². The first kappa shape index (κ1) is 10.4. The summed E-state index contributed by atoms with van der Waals surface area (Å²) in [6.07, 6.45) is 0. The zero-order chi connectivity index (χ0) is 8.91. The maximum absolute atomic E-state index is 10.8. The second-order valence-corrected chi connectivity index (χ2v) is 3.12. The summed E-state index contributed by atoms with van der Waals surface area (Å²) in [5.74, 6) is -0.102. The average molecular weight is 160 g/mol. The van der Waals surface area contributed by atoms with Gasteiger partial charge in [-0.05, 0) is 20.9 Å². The van der Waals surface area contributed by atoms with Crippen LogP contribution in [0.15, 0.2) is 0 Å². The molecule has 3 N–H and O–H groups in total. The van der Waals surface area contributed by atoms with Gasteiger partial charge in [-0.25, -0.2) is 0 Å². The van der Waals surface area contributed by atoms with Crippen molar-refractivity contribution in [2.24, 2.45) is 0 Å². The summed E-state index contributed by atoms with van der Waals surface area (Å²) >= 11 is 0. The van der Waals surface area contributed by atoms with Gasteiger partial charge >= 0.3 is 0 Å². The van der Waals surface area contributed by atoms with Crippen LogP contribution in [0.3, 0.4) is 0 Å².